The second-order valence-corrected chi connectivity index (χ2v) is 11.4. The van der Waals surface area contributed by atoms with E-state index in [1.165, 1.54) is 0 Å². The number of likely N-dealkylation sites (tertiary alicyclic amines) is 1. The Bertz CT molecular complexity index is 1120. The Morgan fingerprint density at radius 3 is 2.16 bits per heavy atom. The number of esters is 1. The van der Waals surface area contributed by atoms with Gasteiger partial charge in [-0.05, 0) is 63.3 Å². The van der Waals surface area contributed by atoms with Gasteiger partial charge in [-0.15, -0.1) is 0 Å². The second-order valence-electron chi connectivity index (χ2n) is 11.4. The van der Waals surface area contributed by atoms with Crippen LogP contribution >= 0.6 is 0 Å². The lowest BCUT2D eigenvalue weighted by Gasteiger charge is -2.39. The molecule has 2 atom stereocenters. The number of nitrogens with zero attached hydrogens (tertiary/aromatic N) is 2. The lowest BCUT2D eigenvalue weighted by Crippen LogP contribution is -2.53. The number of halogens is 4. The third-order valence-corrected chi connectivity index (χ3v) is 7.09. The minimum atomic E-state index is -5.05. The first kappa shape index (κ1) is 28.1. The molecular formula is C29H34F4N2O3. The van der Waals surface area contributed by atoms with Crippen molar-refractivity contribution in [3.05, 3.63) is 71.3 Å². The number of hydrogen-bond acceptors (Lipinski definition) is 4. The maximum atomic E-state index is 15.8. The monoisotopic (exact) mass is 534 g/mol. The van der Waals surface area contributed by atoms with Gasteiger partial charge in [0.1, 0.15) is 11.3 Å². The van der Waals surface area contributed by atoms with Crippen molar-refractivity contribution in [1.29, 1.82) is 0 Å². The molecule has 1 saturated carbocycles. The van der Waals surface area contributed by atoms with Crippen LogP contribution in [0.4, 0.5) is 17.6 Å². The van der Waals surface area contributed by atoms with E-state index in [0.717, 1.165) is 16.0 Å². The number of rotatable bonds is 7. The highest BCUT2D eigenvalue weighted by Crippen LogP contribution is 2.47. The number of benzene rings is 2. The summed E-state index contributed by atoms with van der Waals surface area (Å²) < 4.78 is 61.4. The predicted octanol–water partition coefficient (Wildman–Crippen LogP) is 5.89. The summed E-state index contributed by atoms with van der Waals surface area (Å²) in [7, 11) is 0. The molecule has 0 spiro atoms. The van der Waals surface area contributed by atoms with Crippen LogP contribution in [0.2, 0.25) is 0 Å². The van der Waals surface area contributed by atoms with Gasteiger partial charge >= 0.3 is 18.1 Å². The smallest absolute Gasteiger partial charge is 0.456 e. The summed E-state index contributed by atoms with van der Waals surface area (Å²) in [6, 6.07) is 15.4. The molecule has 0 radical (unpaired) electrons. The van der Waals surface area contributed by atoms with Gasteiger partial charge in [0.2, 0.25) is 0 Å². The standard InChI is InChI=1S/C29H34F4N2O3/c1-27(2,3)38-25(36)22-11-9-20(10-12-22)18-34-15-13-28(30,14-16-34)19-35(26(37)29(31,32)33)24-17-23(24)21-7-5-4-6-8-21/h4-12,23-24H,13-19H2,1-3H3. The fourth-order valence-electron chi connectivity index (χ4n) is 5.00. The Kier molecular flexibility index (Phi) is 7.89. The molecule has 0 bridgehead atoms. The van der Waals surface area contributed by atoms with Crippen LogP contribution in [0.1, 0.15) is 67.4 Å². The largest absolute Gasteiger partial charge is 0.471 e. The summed E-state index contributed by atoms with van der Waals surface area (Å²) >= 11 is 0. The molecule has 5 nitrogen and oxygen atoms in total. The van der Waals surface area contributed by atoms with Crippen LogP contribution in [-0.4, -0.2) is 64.8 Å². The van der Waals surface area contributed by atoms with E-state index in [9.17, 15) is 22.8 Å². The van der Waals surface area contributed by atoms with E-state index in [2.05, 4.69) is 0 Å². The molecule has 1 aliphatic heterocycles. The van der Waals surface area contributed by atoms with E-state index in [1.807, 2.05) is 35.2 Å². The van der Waals surface area contributed by atoms with Crippen LogP contribution in [0.3, 0.4) is 0 Å². The summed E-state index contributed by atoms with van der Waals surface area (Å²) in [4.78, 5) is 27.3. The van der Waals surface area contributed by atoms with Crippen molar-refractivity contribution >= 4 is 11.9 Å². The topological polar surface area (TPSA) is 49.9 Å². The van der Waals surface area contributed by atoms with Gasteiger partial charge in [0.25, 0.3) is 0 Å². The number of hydrogen-bond donors (Lipinski definition) is 0. The summed E-state index contributed by atoms with van der Waals surface area (Å²) in [5, 5.41) is 0. The van der Waals surface area contributed by atoms with Crippen molar-refractivity contribution < 1.29 is 31.9 Å². The zero-order valence-corrected chi connectivity index (χ0v) is 21.9. The first-order valence-electron chi connectivity index (χ1n) is 12.9. The zero-order chi connectivity index (χ0) is 27.7. The van der Waals surface area contributed by atoms with Crippen molar-refractivity contribution in [3.63, 3.8) is 0 Å². The van der Waals surface area contributed by atoms with Crippen LogP contribution < -0.4 is 0 Å². The third-order valence-electron chi connectivity index (χ3n) is 7.09. The number of piperidine rings is 1. The normalized spacial score (nSPS) is 21.6. The fourth-order valence-corrected chi connectivity index (χ4v) is 5.00. The van der Waals surface area contributed by atoms with E-state index in [-0.39, 0.29) is 18.8 Å². The van der Waals surface area contributed by atoms with Crippen molar-refractivity contribution in [2.75, 3.05) is 19.6 Å². The van der Waals surface area contributed by atoms with Crippen LogP contribution in [0.15, 0.2) is 54.6 Å². The maximum Gasteiger partial charge on any atom is 0.471 e. The maximum absolute atomic E-state index is 15.8. The van der Waals surface area contributed by atoms with Gasteiger partial charge in [0.15, 0.2) is 0 Å². The van der Waals surface area contributed by atoms with Gasteiger partial charge in [-0.1, -0.05) is 42.5 Å². The molecule has 1 saturated heterocycles. The quantitative estimate of drug-likeness (QED) is 0.328. The summed E-state index contributed by atoms with van der Waals surface area (Å²) in [5.41, 5.74) is -0.250. The van der Waals surface area contributed by atoms with Gasteiger partial charge in [0.05, 0.1) is 12.1 Å². The molecule has 2 aliphatic rings. The molecule has 2 aromatic carbocycles. The number of carbonyl (C=O) groups is 2. The van der Waals surface area contributed by atoms with Gasteiger partial charge in [-0.25, -0.2) is 9.18 Å². The molecule has 1 heterocycles. The molecule has 1 aliphatic carbocycles. The number of amides is 1. The number of ether oxygens (including phenoxy) is 1. The summed E-state index contributed by atoms with van der Waals surface area (Å²) in [5.74, 6) is -2.59. The number of alkyl halides is 4. The van der Waals surface area contributed by atoms with Gasteiger partial charge < -0.3 is 9.64 Å². The Balaban J connectivity index is 1.35. The fraction of sp³-hybridized carbons (Fsp3) is 0.517. The molecule has 38 heavy (non-hydrogen) atoms. The lowest BCUT2D eigenvalue weighted by molar-refractivity contribution is -0.188. The van der Waals surface area contributed by atoms with Crippen LogP contribution in [0, 0.1) is 0 Å². The van der Waals surface area contributed by atoms with Crippen molar-refractivity contribution in [2.45, 2.75) is 76.0 Å². The first-order chi connectivity index (χ1) is 17.7. The molecule has 9 heteroatoms. The van der Waals surface area contributed by atoms with Gasteiger partial charge in [-0.3, -0.25) is 9.69 Å². The molecule has 2 aromatic rings. The van der Waals surface area contributed by atoms with Crippen LogP contribution in [-0.2, 0) is 16.1 Å². The van der Waals surface area contributed by atoms with Crippen LogP contribution in [0.25, 0.3) is 0 Å². The Morgan fingerprint density at radius 2 is 1.61 bits per heavy atom. The highest BCUT2D eigenvalue weighted by atomic mass is 19.4. The van der Waals surface area contributed by atoms with Crippen molar-refractivity contribution in [2.24, 2.45) is 0 Å². The van der Waals surface area contributed by atoms with Gasteiger partial charge in [0, 0.05) is 31.6 Å². The molecule has 2 unspecified atom stereocenters. The highest BCUT2D eigenvalue weighted by molar-refractivity contribution is 5.89. The Morgan fingerprint density at radius 1 is 1.00 bits per heavy atom. The molecule has 4 rings (SSSR count). The second kappa shape index (κ2) is 10.7. The van der Waals surface area contributed by atoms with Gasteiger partial charge in [-0.2, -0.15) is 13.2 Å². The molecule has 1 amide bonds. The first-order valence-corrected chi connectivity index (χ1v) is 12.9. The minimum absolute atomic E-state index is 0.0351. The van der Waals surface area contributed by atoms with E-state index < -0.39 is 41.9 Å². The van der Waals surface area contributed by atoms with E-state index >= 15 is 4.39 Å². The zero-order valence-electron chi connectivity index (χ0n) is 21.9. The third kappa shape index (κ3) is 7.12. The predicted molar refractivity (Wildman–Crippen MR) is 135 cm³/mol. The summed E-state index contributed by atoms with van der Waals surface area (Å²) in [6.07, 6.45) is -4.58. The minimum Gasteiger partial charge on any atom is -0.456 e. The molecular weight excluding hydrogens is 500 g/mol. The molecule has 0 aromatic heterocycles. The Labute approximate surface area is 220 Å². The highest BCUT2D eigenvalue weighted by Gasteiger charge is 2.54. The Hall–Kier alpha value is -2.94. The molecule has 206 valence electrons. The average molecular weight is 535 g/mol. The molecule has 2 fully saturated rings. The van der Waals surface area contributed by atoms with E-state index in [4.69, 9.17) is 4.74 Å². The van der Waals surface area contributed by atoms with Crippen molar-refractivity contribution in [3.8, 4) is 0 Å². The lowest BCUT2D eigenvalue weighted by atomic mass is 9.92. The molecule has 0 N–H and O–H groups in total. The van der Waals surface area contributed by atoms with Crippen molar-refractivity contribution in [1.82, 2.24) is 9.80 Å². The number of carbonyl (C=O) groups excluding carboxylic acids is 2. The van der Waals surface area contributed by atoms with E-state index in [0.29, 0.717) is 31.6 Å². The summed E-state index contributed by atoms with van der Waals surface area (Å²) in [6.45, 7) is 6.06. The van der Waals surface area contributed by atoms with E-state index in [1.54, 1.807) is 45.0 Å². The van der Waals surface area contributed by atoms with Crippen LogP contribution in [0.5, 0.6) is 0 Å². The average Bonchev–Trinajstić information content (AvgIpc) is 3.64. The SMILES string of the molecule is CC(C)(C)OC(=O)c1ccc(CN2CCC(F)(CN(C(=O)C(F)(F)F)C3CC3c3ccccc3)CC2)cc1.